The lowest BCUT2D eigenvalue weighted by atomic mass is 9.88. The van der Waals surface area contributed by atoms with Crippen LogP contribution in [-0.4, -0.2) is 24.1 Å². The first kappa shape index (κ1) is 28.0. The Hall–Kier alpha value is -4.51. The van der Waals surface area contributed by atoms with Crippen LogP contribution >= 0.6 is 0 Å². The van der Waals surface area contributed by atoms with Gasteiger partial charge in [-0.15, -0.1) is 0 Å². The Balaban J connectivity index is 1.50. The summed E-state index contributed by atoms with van der Waals surface area (Å²) in [5, 5.41) is 4.28. The van der Waals surface area contributed by atoms with E-state index in [4.69, 9.17) is 9.47 Å². The second-order valence-electron chi connectivity index (χ2n) is 10.9. The van der Waals surface area contributed by atoms with Gasteiger partial charge in [0.25, 0.3) is 0 Å². The lowest BCUT2D eigenvalue weighted by Gasteiger charge is -2.19. The lowest BCUT2D eigenvalue weighted by Crippen LogP contribution is -2.28. The molecule has 1 N–H and O–H groups in total. The number of methoxy groups -OCH3 is 1. The molecule has 0 aliphatic rings. The van der Waals surface area contributed by atoms with Gasteiger partial charge in [0.2, 0.25) is 5.91 Å². The third kappa shape index (κ3) is 7.17. The van der Waals surface area contributed by atoms with Gasteiger partial charge in [0.05, 0.1) is 7.11 Å². The van der Waals surface area contributed by atoms with E-state index in [0.29, 0.717) is 25.5 Å². The third-order valence-corrected chi connectivity index (χ3v) is 7.31. The highest BCUT2D eigenvalue weighted by Gasteiger charge is 2.23. The Morgan fingerprint density at radius 3 is 2.34 bits per heavy atom. The molecule has 0 saturated heterocycles. The number of carbonyl (C=O) groups excluding carboxylic acids is 1. The molecule has 1 amide bonds. The third-order valence-electron chi connectivity index (χ3n) is 7.31. The van der Waals surface area contributed by atoms with Crippen LogP contribution in [0.25, 0.3) is 10.9 Å². The maximum absolute atomic E-state index is 13.2. The van der Waals surface area contributed by atoms with Crippen molar-refractivity contribution in [1.29, 1.82) is 0 Å². The average Bonchev–Trinajstić information content (AvgIpc) is 3.36. The smallest absolute Gasteiger partial charge is 0.220 e. The molecule has 5 aromatic rings. The van der Waals surface area contributed by atoms with Crippen molar-refractivity contribution in [2.45, 2.75) is 39.3 Å². The van der Waals surface area contributed by atoms with Gasteiger partial charge in [0, 0.05) is 42.5 Å². The number of benzene rings is 4. The van der Waals surface area contributed by atoms with Crippen LogP contribution < -0.4 is 14.8 Å². The molecule has 4 aromatic carbocycles. The molecule has 1 heterocycles. The largest absolute Gasteiger partial charge is 0.497 e. The van der Waals surface area contributed by atoms with Gasteiger partial charge in [-0.1, -0.05) is 86.6 Å². The maximum atomic E-state index is 13.2. The van der Waals surface area contributed by atoms with E-state index < -0.39 is 0 Å². The van der Waals surface area contributed by atoms with E-state index in [1.54, 1.807) is 7.11 Å². The summed E-state index contributed by atoms with van der Waals surface area (Å²) in [7, 11) is 1.68. The number of aromatic nitrogens is 1. The Morgan fingerprint density at radius 2 is 1.59 bits per heavy atom. The highest BCUT2D eigenvalue weighted by molar-refractivity contribution is 5.87. The summed E-state index contributed by atoms with van der Waals surface area (Å²) >= 11 is 0. The lowest BCUT2D eigenvalue weighted by molar-refractivity contribution is -0.121. The van der Waals surface area contributed by atoms with Crippen molar-refractivity contribution in [3.63, 3.8) is 0 Å². The molecule has 41 heavy (non-hydrogen) atoms. The van der Waals surface area contributed by atoms with Gasteiger partial charge in [0.1, 0.15) is 18.1 Å². The van der Waals surface area contributed by atoms with Gasteiger partial charge in [-0.25, -0.2) is 0 Å². The van der Waals surface area contributed by atoms with Gasteiger partial charge in [-0.05, 0) is 58.5 Å². The van der Waals surface area contributed by atoms with Crippen LogP contribution in [0.2, 0.25) is 0 Å². The molecule has 5 rings (SSSR count). The van der Waals surface area contributed by atoms with Crippen molar-refractivity contribution in [2.75, 3.05) is 13.7 Å². The van der Waals surface area contributed by atoms with Crippen LogP contribution in [-0.2, 0) is 17.9 Å². The fourth-order valence-electron chi connectivity index (χ4n) is 5.16. The minimum atomic E-state index is -0.135. The number of nitrogens with one attached hydrogen (secondary N) is 1. The van der Waals surface area contributed by atoms with Gasteiger partial charge in [-0.2, -0.15) is 0 Å². The Bertz CT molecular complexity index is 1570. The monoisotopic (exact) mass is 546 g/mol. The molecular formula is C36H38N2O3. The highest BCUT2D eigenvalue weighted by Crippen LogP contribution is 2.36. The number of carbonyl (C=O) groups is 1. The van der Waals surface area contributed by atoms with Crippen molar-refractivity contribution in [3.05, 3.63) is 132 Å². The summed E-state index contributed by atoms with van der Waals surface area (Å²) in [5.74, 6) is 1.93. The quantitative estimate of drug-likeness (QED) is 0.176. The number of amides is 1. The van der Waals surface area contributed by atoms with Gasteiger partial charge >= 0.3 is 0 Å². The summed E-state index contributed by atoms with van der Waals surface area (Å²) < 4.78 is 13.8. The minimum Gasteiger partial charge on any atom is -0.497 e. The van der Waals surface area contributed by atoms with Crippen molar-refractivity contribution in [2.24, 2.45) is 5.92 Å². The van der Waals surface area contributed by atoms with E-state index in [1.165, 1.54) is 5.56 Å². The number of rotatable bonds is 12. The number of para-hydroxylation sites is 1. The van der Waals surface area contributed by atoms with Gasteiger partial charge in [-0.3, -0.25) is 4.79 Å². The zero-order valence-corrected chi connectivity index (χ0v) is 24.0. The molecule has 0 bridgehead atoms. The molecule has 1 aromatic heterocycles. The second-order valence-corrected chi connectivity index (χ2v) is 10.9. The fourth-order valence-corrected chi connectivity index (χ4v) is 5.16. The molecule has 0 aliphatic heterocycles. The van der Waals surface area contributed by atoms with E-state index in [1.807, 2.05) is 42.5 Å². The van der Waals surface area contributed by atoms with Crippen LogP contribution in [0.1, 0.15) is 48.4 Å². The first-order chi connectivity index (χ1) is 20.0. The first-order valence-corrected chi connectivity index (χ1v) is 14.2. The van der Waals surface area contributed by atoms with E-state index in [9.17, 15) is 4.79 Å². The first-order valence-electron chi connectivity index (χ1n) is 14.2. The Morgan fingerprint density at radius 1 is 0.829 bits per heavy atom. The Kier molecular flexibility index (Phi) is 9.05. The number of ether oxygens (including phenoxy) is 2. The predicted octanol–water partition coefficient (Wildman–Crippen LogP) is 7.57. The van der Waals surface area contributed by atoms with Gasteiger partial charge < -0.3 is 19.4 Å². The van der Waals surface area contributed by atoms with Crippen molar-refractivity contribution >= 4 is 16.8 Å². The second kappa shape index (κ2) is 13.2. The van der Waals surface area contributed by atoms with E-state index >= 15 is 0 Å². The van der Waals surface area contributed by atoms with Crippen LogP contribution in [0.5, 0.6) is 11.5 Å². The Labute approximate surface area is 242 Å². The number of hydrogen-bond acceptors (Lipinski definition) is 3. The standard InChI is InChI=1S/C36H38N2O3/c1-26(2)22-37-36(39)21-33(29-12-9-13-31(20-29)41-25-28-10-5-4-6-11-28)34-24-38(35-15-8-7-14-32(34)35)23-27-16-18-30(40-3)19-17-27/h4-20,24,26,33H,21-23,25H2,1-3H3,(H,37,39)/t33-/m0/s1. The number of hydrogen-bond donors (Lipinski definition) is 1. The zero-order valence-electron chi connectivity index (χ0n) is 24.0. The molecule has 0 unspecified atom stereocenters. The van der Waals surface area contributed by atoms with Crippen molar-refractivity contribution in [1.82, 2.24) is 9.88 Å². The van der Waals surface area contributed by atoms with Gasteiger partial charge in [0.15, 0.2) is 0 Å². The number of fused-ring (bicyclic) bond motifs is 1. The minimum absolute atomic E-state index is 0.0475. The van der Waals surface area contributed by atoms with Crippen molar-refractivity contribution in [3.8, 4) is 11.5 Å². The van der Waals surface area contributed by atoms with Crippen LogP contribution in [0.3, 0.4) is 0 Å². The molecule has 0 radical (unpaired) electrons. The molecule has 0 spiro atoms. The molecule has 5 heteroatoms. The van der Waals surface area contributed by atoms with Crippen molar-refractivity contribution < 1.29 is 14.3 Å². The SMILES string of the molecule is COc1ccc(Cn2cc([C@@H](CC(=O)NCC(C)C)c3cccc(OCc4ccccc4)c3)c3ccccc32)cc1. The summed E-state index contributed by atoms with van der Waals surface area (Å²) in [5.41, 5.74) is 5.63. The summed E-state index contributed by atoms with van der Waals surface area (Å²) in [6, 6.07) is 35.0. The predicted molar refractivity (Wildman–Crippen MR) is 166 cm³/mol. The van der Waals surface area contributed by atoms with Crippen LogP contribution in [0.15, 0.2) is 109 Å². The maximum Gasteiger partial charge on any atom is 0.220 e. The number of nitrogens with zero attached hydrogens (tertiary/aromatic N) is 1. The highest BCUT2D eigenvalue weighted by atomic mass is 16.5. The average molecular weight is 547 g/mol. The molecule has 210 valence electrons. The molecule has 0 aliphatic carbocycles. The molecule has 0 fully saturated rings. The molecule has 1 atom stereocenters. The zero-order chi connectivity index (χ0) is 28.6. The molecule has 5 nitrogen and oxygen atoms in total. The topological polar surface area (TPSA) is 52.5 Å². The summed E-state index contributed by atoms with van der Waals surface area (Å²) in [6.45, 7) is 6.09. The van der Waals surface area contributed by atoms with Crippen LogP contribution in [0.4, 0.5) is 0 Å². The normalized spacial score (nSPS) is 11.9. The van der Waals surface area contributed by atoms with E-state index in [0.717, 1.165) is 45.6 Å². The van der Waals surface area contributed by atoms with E-state index in [-0.39, 0.29) is 11.8 Å². The molecular weight excluding hydrogens is 508 g/mol. The fraction of sp³-hybridized carbons (Fsp3) is 0.250. The van der Waals surface area contributed by atoms with Crippen LogP contribution in [0, 0.1) is 5.92 Å². The molecule has 0 saturated carbocycles. The summed E-state index contributed by atoms with van der Waals surface area (Å²) in [4.78, 5) is 13.2. The summed E-state index contributed by atoms with van der Waals surface area (Å²) in [6.07, 6.45) is 2.57. The van der Waals surface area contributed by atoms with E-state index in [2.05, 4.69) is 90.6 Å².